The Hall–Kier alpha value is -4.01. The zero-order valence-electron chi connectivity index (χ0n) is 18.1. The van der Waals surface area contributed by atoms with Crippen molar-refractivity contribution in [1.29, 1.82) is 0 Å². The zero-order chi connectivity index (χ0) is 23.8. The van der Waals surface area contributed by atoms with E-state index in [2.05, 4.69) is 25.6 Å². The van der Waals surface area contributed by atoms with Gasteiger partial charge in [-0.25, -0.2) is 9.97 Å². The maximum absolute atomic E-state index is 13.2. The Kier molecular flexibility index (Phi) is 5.71. The number of fused-ring (bicyclic) bond motifs is 1. The summed E-state index contributed by atoms with van der Waals surface area (Å²) in [7, 11) is 1.72. The molecule has 4 aromatic rings. The van der Waals surface area contributed by atoms with E-state index < -0.39 is 17.6 Å². The van der Waals surface area contributed by atoms with Crippen LogP contribution >= 0.6 is 0 Å². The molecule has 0 fully saturated rings. The van der Waals surface area contributed by atoms with Crippen LogP contribution in [-0.2, 0) is 6.18 Å². The van der Waals surface area contributed by atoms with Crippen LogP contribution in [-0.4, -0.2) is 27.9 Å². The molecule has 0 saturated carbocycles. The average Bonchev–Trinajstić information content (AvgIpc) is 2.79. The summed E-state index contributed by atoms with van der Waals surface area (Å²) < 4.78 is 39.6. The second-order valence-electron chi connectivity index (χ2n) is 7.49. The van der Waals surface area contributed by atoms with E-state index >= 15 is 0 Å². The van der Waals surface area contributed by atoms with Gasteiger partial charge in [-0.15, -0.1) is 0 Å². The Labute approximate surface area is 187 Å². The number of amides is 1. The molecule has 9 heteroatoms. The van der Waals surface area contributed by atoms with Gasteiger partial charge in [-0.3, -0.25) is 4.79 Å². The molecule has 0 atom stereocenters. The van der Waals surface area contributed by atoms with E-state index in [0.29, 0.717) is 22.7 Å². The first kappa shape index (κ1) is 22.2. The summed E-state index contributed by atoms with van der Waals surface area (Å²) in [5.74, 6) is -0.0324. The second kappa shape index (κ2) is 8.50. The third-order valence-corrected chi connectivity index (χ3v) is 5.43. The lowest BCUT2D eigenvalue weighted by atomic mass is 9.96. The molecule has 0 bridgehead atoms. The first-order valence-electron chi connectivity index (χ1n) is 10.1. The van der Waals surface area contributed by atoms with E-state index in [0.717, 1.165) is 22.6 Å². The molecule has 4 rings (SSSR count). The van der Waals surface area contributed by atoms with E-state index in [1.807, 2.05) is 12.1 Å². The number of hydrogen-bond acceptors (Lipinski definition) is 5. The summed E-state index contributed by atoms with van der Waals surface area (Å²) in [4.78, 5) is 25.9. The Morgan fingerprint density at radius 2 is 1.73 bits per heavy atom. The predicted octanol–water partition coefficient (Wildman–Crippen LogP) is 5.62. The Morgan fingerprint density at radius 3 is 2.45 bits per heavy atom. The largest absolute Gasteiger partial charge is 0.416 e. The summed E-state index contributed by atoms with van der Waals surface area (Å²) in [6, 6.07) is 10.8. The second-order valence-corrected chi connectivity index (χ2v) is 7.49. The first-order valence-corrected chi connectivity index (χ1v) is 10.1. The highest BCUT2D eigenvalue weighted by Crippen LogP contribution is 2.35. The molecule has 2 aromatic heterocycles. The van der Waals surface area contributed by atoms with Crippen molar-refractivity contribution < 1.29 is 18.0 Å². The van der Waals surface area contributed by atoms with Crippen LogP contribution in [0.5, 0.6) is 0 Å². The van der Waals surface area contributed by atoms with Crippen LogP contribution in [0.2, 0.25) is 0 Å². The number of carbonyl (C=O) groups excluding carboxylic acids is 1. The van der Waals surface area contributed by atoms with Gasteiger partial charge in [0.15, 0.2) is 5.65 Å². The molecular formula is C24H20F3N5O. The highest BCUT2D eigenvalue weighted by atomic mass is 19.4. The molecule has 2 N–H and O–H groups in total. The van der Waals surface area contributed by atoms with Gasteiger partial charge >= 0.3 is 6.18 Å². The van der Waals surface area contributed by atoms with Crippen LogP contribution in [0.1, 0.15) is 27.0 Å². The Morgan fingerprint density at radius 1 is 0.970 bits per heavy atom. The van der Waals surface area contributed by atoms with Crippen molar-refractivity contribution in [2.24, 2.45) is 0 Å². The number of alkyl halides is 3. The van der Waals surface area contributed by atoms with Gasteiger partial charge in [0.1, 0.15) is 0 Å². The number of hydrogen-bond donors (Lipinski definition) is 2. The Bertz CT molecular complexity index is 1370. The van der Waals surface area contributed by atoms with Crippen molar-refractivity contribution in [2.75, 3.05) is 17.7 Å². The smallest absolute Gasteiger partial charge is 0.357 e. The lowest BCUT2D eigenvalue weighted by molar-refractivity contribution is -0.138. The fourth-order valence-electron chi connectivity index (χ4n) is 3.65. The van der Waals surface area contributed by atoms with E-state index in [9.17, 15) is 18.0 Å². The molecule has 2 heterocycles. The van der Waals surface area contributed by atoms with Crippen molar-refractivity contribution >= 4 is 28.6 Å². The molecule has 0 spiro atoms. The van der Waals surface area contributed by atoms with E-state index in [1.54, 1.807) is 38.5 Å². The number of carbonyl (C=O) groups is 1. The van der Waals surface area contributed by atoms with Crippen molar-refractivity contribution in [3.05, 3.63) is 77.1 Å². The van der Waals surface area contributed by atoms with Gasteiger partial charge in [0.2, 0.25) is 5.95 Å². The van der Waals surface area contributed by atoms with Gasteiger partial charge in [-0.2, -0.15) is 18.2 Å². The lowest BCUT2D eigenvalue weighted by Crippen LogP contribution is -2.16. The minimum Gasteiger partial charge on any atom is -0.357 e. The van der Waals surface area contributed by atoms with Gasteiger partial charge in [-0.1, -0.05) is 18.2 Å². The fourth-order valence-corrected chi connectivity index (χ4v) is 3.65. The molecule has 2 aromatic carbocycles. The number of anilines is 2. The molecule has 0 aliphatic heterocycles. The molecule has 0 aliphatic rings. The topological polar surface area (TPSA) is 79.8 Å². The standard InChI is InChI=1S/C24H20F3N5O/c1-13-17(15-10-16-12-30-23(28-3)32-21(16)29-11-15)6-4-7-18(13)22(33)31-20-9-5-8-19(14(20)2)24(25,26)27/h4-12H,1-3H3,(H,31,33)(H,28,29,30,32). The van der Waals surface area contributed by atoms with Gasteiger partial charge < -0.3 is 10.6 Å². The van der Waals surface area contributed by atoms with E-state index in [1.165, 1.54) is 19.1 Å². The van der Waals surface area contributed by atoms with E-state index in [-0.39, 0.29) is 11.3 Å². The van der Waals surface area contributed by atoms with Crippen molar-refractivity contribution in [2.45, 2.75) is 20.0 Å². The molecule has 6 nitrogen and oxygen atoms in total. The third-order valence-electron chi connectivity index (χ3n) is 5.43. The fraction of sp³-hybridized carbons (Fsp3) is 0.167. The maximum atomic E-state index is 13.2. The summed E-state index contributed by atoms with van der Waals surface area (Å²) >= 11 is 0. The lowest BCUT2D eigenvalue weighted by Gasteiger charge is -2.16. The van der Waals surface area contributed by atoms with Gasteiger partial charge in [0.05, 0.1) is 5.56 Å². The number of aromatic nitrogens is 3. The summed E-state index contributed by atoms with van der Waals surface area (Å²) in [5, 5.41) is 6.22. The molecule has 0 saturated heterocycles. The third kappa shape index (κ3) is 4.34. The molecule has 0 unspecified atom stereocenters. The summed E-state index contributed by atoms with van der Waals surface area (Å²) in [5.41, 5.74) is 2.40. The summed E-state index contributed by atoms with van der Waals surface area (Å²) in [6.07, 6.45) is -1.18. The molecule has 1 amide bonds. The zero-order valence-corrected chi connectivity index (χ0v) is 18.1. The van der Waals surface area contributed by atoms with E-state index in [4.69, 9.17) is 0 Å². The normalized spacial score (nSPS) is 11.5. The van der Waals surface area contributed by atoms with Crippen molar-refractivity contribution in [3.8, 4) is 11.1 Å². The van der Waals surface area contributed by atoms with Crippen LogP contribution in [0, 0.1) is 13.8 Å². The van der Waals surface area contributed by atoms with Crippen LogP contribution in [0.3, 0.4) is 0 Å². The number of nitrogens with one attached hydrogen (secondary N) is 2. The van der Waals surface area contributed by atoms with Crippen LogP contribution in [0.25, 0.3) is 22.2 Å². The van der Waals surface area contributed by atoms with Gasteiger partial charge in [0, 0.05) is 41.6 Å². The average molecular weight is 451 g/mol. The number of rotatable bonds is 4. The predicted molar refractivity (Wildman–Crippen MR) is 121 cm³/mol. The highest BCUT2D eigenvalue weighted by molar-refractivity contribution is 6.06. The number of benzene rings is 2. The van der Waals surface area contributed by atoms with Crippen LogP contribution < -0.4 is 10.6 Å². The SMILES string of the molecule is CNc1ncc2cc(-c3cccc(C(=O)Nc4cccc(C(F)(F)F)c4C)c3C)cnc2n1. The molecule has 33 heavy (non-hydrogen) atoms. The molecular weight excluding hydrogens is 431 g/mol. The van der Waals surface area contributed by atoms with Crippen molar-refractivity contribution in [1.82, 2.24) is 15.0 Å². The minimum atomic E-state index is -4.50. The monoisotopic (exact) mass is 451 g/mol. The number of pyridine rings is 1. The molecule has 0 radical (unpaired) electrons. The maximum Gasteiger partial charge on any atom is 0.416 e. The van der Waals surface area contributed by atoms with Crippen LogP contribution in [0.4, 0.5) is 24.8 Å². The highest BCUT2D eigenvalue weighted by Gasteiger charge is 2.33. The minimum absolute atomic E-state index is 0.0353. The first-order chi connectivity index (χ1) is 15.7. The number of halogens is 3. The van der Waals surface area contributed by atoms with Crippen LogP contribution in [0.15, 0.2) is 54.9 Å². The molecule has 0 aliphatic carbocycles. The Balaban J connectivity index is 1.68. The number of nitrogens with zero attached hydrogens (tertiary/aromatic N) is 3. The summed E-state index contributed by atoms with van der Waals surface area (Å²) in [6.45, 7) is 3.12. The van der Waals surface area contributed by atoms with Gasteiger partial charge in [0.25, 0.3) is 5.91 Å². The van der Waals surface area contributed by atoms with Gasteiger partial charge in [-0.05, 0) is 54.8 Å². The molecule has 168 valence electrons. The van der Waals surface area contributed by atoms with Crippen molar-refractivity contribution in [3.63, 3.8) is 0 Å². The quantitative estimate of drug-likeness (QED) is 0.421.